The number of thioether (sulfide) groups is 1. The summed E-state index contributed by atoms with van der Waals surface area (Å²) in [5.74, 6) is 3.20. The second kappa shape index (κ2) is 4.68. The van der Waals surface area contributed by atoms with Crippen LogP contribution in [0.1, 0.15) is 0 Å². The summed E-state index contributed by atoms with van der Waals surface area (Å²) in [6, 6.07) is 0. The van der Waals surface area contributed by atoms with Crippen LogP contribution in [0.25, 0.3) is 0 Å². The lowest BCUT2D eigenvalue weighted by atomic mass is 10.4. The van der Waals surface area contributed by atoms with Gasteiger partial charge in [0.05, 0.1) is 4.47 Å². The number of rotatable bonds is 1. The lowest BCUT2D eigenvalue weighted by molar-refractivity contribution is 0.831. The molecule has 14 heavy (non-hydrogen) atoms. The first-order chi connectivity index (χ1) is 6.79. The molecule has 0 aliphatic carbocycles. The van der Waals surface area contributed by atoms with E-state index in [9.17, 15) is 0 Å². The summed E-state index contributed by atoms with van der Waals surface area (Å²) >= 11 is 11.3. The van der Waals surface area contributed by atoms with Crippen molar-refractivity contribution in [3.05, 3.63) is 16.0 Å². The van der Waals surface area contributed by atoms with E-state index in [1.165, 1.54) is 6.33 Å². The molecule has 3 nitrogen and oxygen atoms in total. The van der Waals surface area contributed by atoms with E-state index in [1.54, 1.807) is 0 Å². The summed E-state index contributed by atoms with van der Waals surface area (Å²) in [5, 5.41) is 0.480. The fraction of sp³-hybridized carbons (Fsp3) is 0.500. The second-order valence-electron chi connectivity index (χ2n) is 2.90. The van der Waals surface area contributed by atoms with Crippen LogP contribution in [0.15, 0.2) is 10.8 Å². The monoisotopic (exact) mass is 293 g/mol. The molecule has 2 heterocycles. The van der Waals surface area contributed by atoms with Crippen molar-refractivity contribution in [2.45, 2.75) is 0 Å². The van der Waals surface area contributed by atoms with Crippen LogP contribution in [0.2, 0.25) is 5.15 Å². The zero-order valence-corrected chi connectivity index (χ0v) is 10.6. The third-order valence-electron chi connectivity index (χ3n) is 2.04. The fourth-order valence-corrected chi connectivity index (χ4v) is 2.82. The van der Waals surface area contributed by atoms with Crippen molar-refractivity contribution < 1.29 is 0 Å². The Morgan fingerprint density at radius 2 is 2.07 bits per heavy atom. The van der Waals surface area contributed by atoms with Crippen molar-refractivity contribution in [1.82, 2.24) is 9.97 Å². The van der Waals surface area contributed by atoms with Crippen LogP contribution in [0.5, 0.6) is 0 Å². The third-order valence-corrected chi connectivity index (χ3v) is 4.23. The van der Waals surface area contributed by atoms with Gasteiger partial charge in [0.15, 0.2) is 0 Å². The van der Waals surface area contributed by atoms with Gasteiger partial charge in [0.2, 0.25) is 0 Å². The topological polar surface area (TPSA) is 29.0 Å². The van der Waals surface area contributed by atoms with E-state index in [4.69, 9.17) is 11.6 Å². The van der Waals surface area contributed by atoms with Crippen molar-refractivity contribution >= 4 is 45.1 Å². The van der Waals surface area contributed by atoms with Crippen LogP contribution in [-0.4, -0.2) is 34.6 Å². The molecule has 0 N–H and O–H groups in total. The number of hydrogen-bond donors (Lipinski definition) is 0. The maximum atomic E-state index is 5.90. The molecule has 1 fully saturated rings. The molecule has 1 aliphatic heterocycles. The van der Waals surface area contributed by atoms with E-state index < -0.39 is 0 Å². The summed E-state index contributed by atoms with van der Waals surface area (Å²) < 4.78 is 0.800. The van der Waals surface area contributed by atoms with E-state index in [-0.39, 0.29) is 0 Å². The Kier molecular flexibility index (Phi) is 3.52. The van der Waals surface area contributed by atoms with Gasteiger partial charge in [-0.3, -0.25) is 0 Å². The van der Waals surface area contributed by atoms with E-state index >= 15 is 0 Å². The minimum absolute atomic E-state index is 0.480. The van der Waals surface area contributed by atoms with Gasteiger partial charge in [-0.25, -0.2) is 9.97 Å². The summed E-state index contributed by atoms with van der Waals surface area (Å²) in [7, 11) is 0. The van der Waals surface area contributed by atoms with Gasteiger partial charge in [-0.05, 0) is 15.9 Å². The molecule has 1 aliphatic rings. The van der Waals surface area contributed by atoms with E-state index in [1.807, 2.05) is 11.8 Å². The minimum Gasteiger partial charge on any atom is -0.354 e. The second-order valence-corrected chi connectivity index (χ2v) is 5.28. The first-order valence-electron chi connectivity index (χ1n) is 4.27. The van der Waals surface area contributed by atoms with Crippen LogP contribution in [0.4, 0.5) is 5.82 Å². The molecule has 1 aromatic heterocycles. The third kappa shape index (κ3) is 2.15. The molecular weight excluding hydrogens is 286 g/mol. The Morgan fingerprint density at radius 3 is 2.79 bits per heavy atom. The quantitative estimate of drug-likeness (QED) is 0.744. The van der Waals surface area contributed by atoms with Crippen LogP contribution in [0, 0.1) is 0 Å². The highest BCUT2D eigenvalue weighted by molar-refractivity contribution is 9.10. The number of anilines is 1. The largest absolute Gasteiger partial charge is 0.354 e. The first kappa shape index (κ1) is 10.5. The lowest BCUT2D eigenvalue weighted by Crippen LogP contribution is -2.33. The Morgan fingerprint density at radius 1 is 1.36 bits per heavy atom. The molecule has 0 amide bonds. The average Bonchev–Trinajstić information content (AvgIpc) is 2.23. The van der Waals surface area contributed by atoms with Gasteiger partial charge in [0, 0.05) is 24.6 Å². The average molecular weight is 295 g/mol. The van der Waals surface area contributed by atoms with Crippen molar-refractivity contribution in [2.75, 3.05) is 29.5 Å². The van der Waals surface area contributed by atoms with Gasteiger partial charge in [-0.2, -0.15) is 11.8 Å². The van der Waals surface area contributed by atoms with Crippen molar-refractivity contribution in [3.63, 3.8) is 0 Å². The van der Waals surface area contributed by atoms with Gasteiger partial charge in [0.25, 0.3) is 0 Å². The lowest BCUT2D eigenvalue weighted by Gasteiger charge is -2.28. The van der Waals surface area contributed by atoms with E-state index in [0.717, 1.165) is 34.9 Å². The fourth-order valence-electron chi connectivity index (χ4n) is 1.34. The summed E-state index contributed by atoms with van der Waals surface area (Å²) in [4.78, 5) is 10.4. The molecule has 0 bridgehead atoms. The smallest absolute Gasteiger partial charge is 0.148 e. The molecular formula is C8H9BrClN3S. The summed E-state index contributed by atoms with van der Waals surface area (Å²) in [6.45, 7) is 2.05. The standard InChI is InChI=1S/C8H9BrClN3S/c9-6-7(10)11-5-12-8(6)13-1-3-14-4-2-13/h5H,1-4H2. The van der Waals surface area contributed by atoms with Gasteiger partial charge in [0.1, 0.15) is 17.3 Å². The molecule has 0 aromatic carbocycles. The van der Waals surface area contributed by atoms with Crippen LogP contribution in [-0.2, 0) is 0 Å². The predicted molar refractivity (Wildman–Crippen MR) is 64.3 cm³/mol. The van der Waals surface area contributed by atoms with Gasteiger partial charge < -0.3 is 4.90 Å². The van der Waals surface area contributed by atoms with Crippen molar-refractivity contribution in [2.24, 2.45) is 0 Å². The minimum atomic E-state index is 0.480. The highest BCUT2D eigenvalue weighted by Crippen LogP contribution is 2.30. The predicted octanol–water partition coefficient (Wildman–Crippen LogP) is 2.45. The van der Waals surface area contributed by atoms with E-state index in [2.05, 4.69) is 30.8 Å². The van der Waals surface area contributed by atoms with E-state index in [0.29, 0.717) is 5.15 Å². The number of nitrogens with zero attached hydrogens (tertiary/aromatic N) is 3. The van der Waals surface area contributed by atoms with Crippen molar-refractivity contribution in [1.29, 1.82) is 0 Å². The SMILES string of the molecule is Clc1ncnc(N2CCSCC2)c1Br. The Labute approximate surface area is 100 Å². The van der Waals surface area contributed by atoms with Crippen LogP contribution in [0.3, 0.4) is 0 Å². The van der Waals surface area contributed by atoms with Crippen LogP contribution < -0.4 is 4.90 Å². The maximum absolute atomic E-state index is 5.90. The highest BCUT2D eigenvalue weighted by atomic mass is 79.9. The maximum Gasteiger partial charge on any atom is 0.148 e. The van der Waals surface area contributed by atoms with Gasteiger partial charge in [-0.15, -0.1) is 0 Å². The summed E-state index contributed by atoms with van der Waals surface area (Å²) in [5.41, 5.74) is 0. The molecule has 0 unspecified atom stereocenters. The normalized spacial score (nSPS) is 17.1. The molecule has 0 radical (unpaired) electrons. The van der Waals surface area contributed by atoms with Crippen LogP contribution >= 0.6 is 39.3 Å². The Balaban J connectivity index is 2.26. The number of aromatic nitrogens is 2. The molecule has 76 valence electrons. The molecule has 6 heteroatoms. The zero-order valence-electron chi connectivity index (χ0n) is 7.41. The molecule has 2 rings (SSSR count). The Hall–Kier alpha value is 0. The molecule has 1 saturated heterocycles. The number of hydrogen-bond acceptors (Lipinski definition) is 4. The molecule has 1 aromatic rings. The van der Waals surface area contributed by atoms with Gasteiger partial charge >= 0.3 is 0 Å². The van der Waals surface area contributed by atoms with Gasteiger partial charge in [-0.1, -0.05) is 11.6 Å². The molecule has 0 atom stereocenters. The molecule has 0 spiro atoms. The zero-order chi connectivity index (χ0) is 9.97. The Bertz CT molecular complexity index is 330. The number of halogens is 2. The molecule has 0 saturated carbocycles. The van der Waals surface area contributed by atoms with Crippen molar-refractivity contribution in [3.8, 4) is 0 Å². The first-order valence-corrected chi connectivity index (χ1v) is 6.60. The summed E-state index contributed by atoms with van der Waals surface area (Å²) in [6.07, 6.45) is 1.50. The highest BCUT2D eigenvalue weighted by Gasteiger charge is 2.16.